The number of allylic oxidation sites excluding steroid dienone is 1. The van der Waals surface area contributed by atoms with E-state index in [-0.39, 0.29) is 5.82 Å². The van der Waals surface area contributed by atoms with Gasteiger partial charge in [0.15, 0.2) is 18.1 Å². The van der Waals surface area contributed by atoms with Crippen molar-refractivity contribution in [1.29, 1.82) is 0 Å². The van der Waals surface area contributed by atoms with Crippen molar-refractivity contribution in [1.82, 2.24) is 14.9 Å². The van der Waals surface area contributed by atoms with Gasteiger partial charge >= 0.3 is 21.1 Å². The van der Waals surface area contributed by atoms with Crippen LogP contribution in [-0.4, -0.2) is 112 Å². The summed E-state index contributed by atoms with van der Waals surface area (Å²) >= 11 is 0. The van der Waals surface area contributed by atoms with Crippen LogP contribution in [0.25, 0.3) is 0 Å². The molecule has 11 N–H and O–H groups in total. The van der Waals surface area contributed by atoms with Crippen molar-refractivity contribution in [3.05, 3.63) is 46.2 Å². The van der Waals surface area contributed by atoms with Gasteiger partial charge in [0.2, 0.25) is 5.91 Å². The molecule has 22 heteroatoms. The number of hydrogen-bond acceptors (Lipinski definition) is 15. The fourth-order valence-corrected chi connectivity index (χ4v) is 5.76. The molecule has 3 unspecified atom stereocenters. The number of carbonyl (C=O) groups is 1. The molecule has 1 aromatic rings. The van der Waals surface area contributed by atoms with E-state index in [1.165, 1.54) is 6.07 Å². The smallest absolute Gasteiger partial charge is 0.481 e. The second kappa shape index (κ2) is 13.3. The number of nitrogens with one attached hydrogen (secondary N) is 1. The molecule has 0 saturated carbocycles. The Morgan fingerprint density at radius 3 is 2.48 bits per heavy atom. The number of nitrogens with zero attached hydrogens (tertiary/aromatic N) is 2. The molecule has 1 fully saturated rings. The van der Waals surface area contributed by atoms with E-state index in [0.29, 0.717) is 0 Å². The van der Waals surface area contributed by atoms with Crippen LogP contribution < -0.4 is 16.7 Å². The maximum Gasteiger partial charge on any atom is 0.527 e. The summed E-state index contributed by atoms with van der Waals surface area (Å²) in [6.45, 7) is -0.868. The van der Waals surface area contributed by atoms with Crippen LogP contribution in [0.5, 0.6) is 0 Å². The highest BCUT2D eigenvalue weighted by atomic mass is 31.2. The van der Waals surface area contributed by atoms with Crippen molar-refractivity contribution in [2.45, 2.75) is 55.8 Å². The Morgan fingerprint density at radius 2 is 1.90 bits per heavy atom. The van der Waals surface area contributed by atoms with Crippen molar-refractivity contribution >= 4 is 27.1 Å². The second-order valence-corrected chi connectivity index (χ2v) is 11.9. The molecule has 0 bridgehead atoms. The van der Waals surface area contributed by atoms with E-state index in [1.807, 2.05) is 0 Å². The first-order valence-corrected chi connectivity index (χ1v) is 15.0. The maximum absolute atomic E-state index is 12.7. The maximum atomic E-state index is 12.7. The Kier molecular flexibility index (Phi) is 10.7. The highest BCUT2D eigenvalue weighted by Crippen LogP contribution is 2.57. The number of nitrogen functional groups attached to an aromatic ring is 1. The quantitative estimate of drug-likeness (QED) is 0.0812. The van der Waals surface area contributed by atoms with Gasteiger partial charge in [-0.2, -0.15) is 4.98 Å². The van der Waals surface area contributed by atoms with E-state index in [0.717, 1.165) is 29.8 Å². The summed E-state index contributed by atoms with van der Waals surface area (Å²) in [4.78, 5) is 56.9. The zero-order valence-electron chi connectivity index (χ0n) is 21.6. The lowest BCUT2D eigenvalue weighted by Gasteiger charge is -2.35. The molecule has 20 nitrogen and oxygen atoms in total. The average molecular weight is 644 g/mol. The van der Waals surface area contributed by atoms with Gasteiger partial charge in [-0.1, -0.05) is 6.08 Å². The molecule has 0 aliphatic carbocycles. The van der Waals surface area contributed by atoms with Crippen molar-refractivity contribution in [2.75, 3.05) is 18.9 Å². The number of ether oxygens (including phenoxy) is 2. The Labute approximate surface area is 236 Å². The van der Waals surface area contributed by atoms with E-state index in [1.54, 1.807) is 0 Å². The van der Waals surface area contributed by atoms with Crippen LogP contribution in [0, 0.1) is 0 Å². The first-order chi connectivity index (χ1) is 19.4. The Hall–Kier alpha value is -2.71. The number of hydrogen-bond donors (Lipinski definition) is 10. The summed E-state index contributed by atoms with van der Waals surface area (Å²) in [5, 5.41) is 52.3. The van der Waals surface area contributed by atoms with Gasteiger partial charge in [0, 0.05) is 13.1 Å². The number of phosphoric ester groups is 1. The number of rotatable bonds is 11. The normalized spacial score (nSPS) is 30.1. The van der Waals surface area contributed by atoms with Gasteiger partial charge in [0.05, 0.1) is 19.3 Å². The largest absolute Gasteiger partial charge is 0.527 e. The lowest BCUT2D eigenvalue weighted by atomic mass is 9.98. The number of carbonyl (C=O) groups excluding carboxylic acids is 1. The van der Waals surface area contributed by atoms with Crippen LogP contribution in [0.15, 0.2) is 40.5 Å². The van der Waals surface area contributed by atoms with Crippen LogP contribution in [0.3, 0.4) is 0 Å². The van der Waals surface area contributed by atoms with Gasteiger partial charge < -0.3 is 60.4 Å². The molecule has 9 atom stereocenters. The molecular weight excluding hydrogens is 614 g/mol. The van der Waals surface area contributed by atoms with E-state index in [9.17, 15) is 53.8 Å². The van der Waals surface area contributed by atoms with Crippen molar-refractivity contribution in [2.24, 2.45) is 0 Å². The SMILES string of the molecule is CC(=O)N[C@@H]1C=C/C(=C(\OP(=O)(O)OC[C@H]2O[C@@H](n3ccc(N)nc3=O)[C@@H](O)C2O)P(=O)(O)O)OC1[C@H](O)[C@H](O)CO. The highest BCUT2D eigenvalue weighted by Gasteiger charge is 2.46. The third kappa shape index (κ3) is 8.01. The van der Waals surface area contributed by atoms with Crippen LogP contribution in [0.2, 0.25) is 0 Å². The van der Waals surface area contributed by atoms with E-state index in [2.05, 4.69) is 14.8 Å². The van der Waals surface area contributed by atoms with E-state index >= 15 is 0 Å². The molecule has 236 valence electrons. The molecule has 1 saturated heterocycles. The fraction of sp³-hybridized carbons (Fsp3) is 0.550. The highest BCUT2D eigenvalue weighted by molar-refractivity contribution is 7.57. The van der Waals surface area contributed by atoms with Crippen LogP contribution in [0.1, 0.15) is 13.2 Å². The predicted molar refractivity (Wildman–Crippen MR) is 135 cm³/mol. The molecule has 42 heavy (non-hydrogen) atoms. The molecule has 3 heterocycles. The standard InChI is InChI=1S/C20H30N4O16P2/c1-8(26)22-9-2-3-11(38-17(9)14(28)10(27)6-25)19(41(32,33)34)40-42(35,36)37-7-12-15(29)16(30)18(39-12)24-5-4-13(21)23-20(24)31/h2-5,9-10,12,14-18,25,27-30H,6-7H2,1H3,(H,22,26)(H,35,36)(H2,21,23,31)(H2,32,33,34)/b19-11-/t9-,10-,12-,14-,15?,16+,17?,18-/m1/s1. The monoisotopic (exact) mass is 644 g/mol. The van der Waals surface area contributed by atoms with Gasteiger partial charge in [-0.3, -0.25) is 23.3 Å². The average Bonchev–Trinajstić information content (AvgIpc) is 3.18. The summed E-state index contributed by atoms with van der Waals surface area (Å²) in [6.07, 6.45) is -9.03. The third-order valence-electron chi connectivity index (χ3n) is 5.90. The Bertz CT molecular complexity index is 1360. The molecule has 2 aliphatic heterocycles. The Morgan fingerprint density at radius 1 is 1.24 bits per heavy atom. The zero-order valence-corrected chi connectivity index (χ0v) is 23.3. The van der Waals surface area contributed by atoms with Crippen molar-refractivity contribution in [3.8, 4) is 0 Å². The van der Waals surface area contributed by atoms with Crippen molar-refractivity contribution < 1.29 is 72.7 Å². The summed E-state index contributed by atoms with van der Waals surface area (Å²) in [5.41, 5.74) is 2.91. The number of anilines is 1. The van der Waals surface area contributed by atoms with Gasteiger partial charge in [0.25, 0.3) is 5.50 Å². The van der Waals surface area contributed by atoms with Gasteiger partial charge in [-0.15, -0.1) is 0 Å². The Balaban J connectivity index is 1.82. The molecule has 0 radical (unpaired) electrons. The van der Waals surface area contributed by atoms with E-state index in [4.69, 9.17) is 24.8 Å². The minimum absolute atomic E-state index is 0.134. The van der Waals surface area contributed by atoms with E-state index < -0.39 is 100 Å². The topological polar surface area (TPSA) is 323 Å². The minimum Gasteiger partial charge on any atom is -0.481 e. The first kappa shape index (κ1) is 33.8. The van der Waals surface area contributed by atoms with Gasteiger partial charge in [-0.25, -0.2) is 9.36 Å². The fourth-order valence-electron chi connectivity index (χ4n) is 3.92. The number of amides is 1. The molecule has 0 spiro atoms. The second-order valence-electron chi connectivity index (χ2n) is 9.07. The third-order valence-corrected chi connectivity index (χ3v) is 7.78. The summed E-state index contributed by atoms with van der Waals surface area (Å²) < 4.78 is 45.7. The zero-order chi connectivity index (χ0) is 31.6. The lowest BCUT2D eigenvalue weighted by molar-refractivity contribution is -0.123. The summed E-state index contributed by atoms with van der Waals surface area (Å²) in [6, 6.07) is 0.0104. The lowest BCUT2D eigenvalue weighted by Crippen LogP contribution is -2.53. The predicted octanol–water partition coefficient (Wildman–Crippen LogP) is -3.90. The van der Waals surface area contributed by atoms with Crippen LogP contribution in [0.4, 0.5) is 5.82 Å². The van der Waals surface area contributed by atoms with Gasteiger partial charge in [0.1, 0.15) is 36.3 Å². The van der Waals surface area contributed by atoms with Crippen LogP contribution in [-0.2, 0) is 32.4 Å². The number of nitrogens with two attached hydrogens (primary N) is 1. The molecule has 3 rings (SSSR count). The number of aliphatic hydroxyl groups excluding tert-OH is 5. The molecule has 1 amide bonds. The van der Waals surface area contributed by atoms with Crippen LogP contribution >= 0.6 is 15.4 Å². The van der Waals surface area contributed by atoms with Crippen molar-refractivity contribution in [3.63, 3.8) is 0 Å². The molecular formula is C20H30N4O16P2. The summed E-state index contributed by atoms with van der Waals surface area (Å²) in [7, 11) is -11.1. The molecule has 2 aliphatic rings. The van der Waals surface area contributed by atoms with Gasteiger partial charge in [-0.05, 0) is 12.1 Å². The first-order valence-electron chi connectivity index (χ1n) is 11.9. The molecule has 1 aromatic heterocycles. The minimum atomic E-state index is -5.59. The number of aliphatic hydroxyl groups is 5. The number of aromatic nitrogens is 2. The number of phosphoric acid groups is 1. The molecule has 0 aromatic carbocycles. The summed E-state index contributed by atoms with van der Waals surface area (Å²) in [5.74, 6) is -1.66.